The highest BCUT2D eigenvalue weighted by molar-refractivity contribution is 7.19. The number of rotatable bonds is 9. The lowest BCUT2D eigenvalue weighted by Gasteiger charge is -2.06. The maximum absolute atomic E-state index is 12.4. The molecule has 0 radical (unpaired) electrons. The Labute approximate surface area is 162 Å². The van der Waals surface area contributed by atoms with E-state index >= 15 is 0 Å². The topological polar surface area (TPSA) is 76.1 Å². The van der Waals surface area contributed by atoms with Crippen molar-refractivity contribution in [2.24, 2.45) is 0 Å². The van der Waals surface area contributed by atoms with Gasteiger partial charge in [-0.05, 0) is 37.0 Å². The van der Waals surface area contributed by atoms with E-state index in [4.69, 9.17) is 4.74 Å². The van der Waals surface area contributed by atoms with Crippen molar-refractivity contribution in [2.45, 2.75) is 19.3 Å². The highest BCUT2D eigenvalue weighted by atomic mass is 32.1. The fourth-order valence-corrected chi connectivity index (χ4v) is 3.30. The molecule has 7 heteroatoms. The number of carbonyl (C=O) groups is 1. The van der Waals surface area contributed by atoms with Crippen LogP contribution in [0.25, 0.3) is 0 Å². The Morgan fingerprint density at radius 3 is 2.56 bits per heavy atom. The molecule has 1 aromatic heterocycles. The molecule has 6 nitrogen and oxygen atoms in total. The van der Waals surface area contributed by atoms with Crippen molar-refractivity contribution < 1.29 is 9.53 Å². The molecule has 1 amide bonds. The normalized spacial score (nSPS) is 10.4. The van der Waals surface area contributed by atoms with E-state index in [1.165, 1.54) is 24.0 Å². The molecule has 3 rings (SSSR count). The lowest BCUT2D eigenvalue weighted by atomic mass is 10.1. The number of anilines is 2. The zero-order chi connectivity index (χ0) is 18.9. The summed E-state index contributed by atoms with van der Waals surface area (Å²) >= 11 is 1.32. The number of ether oxygens (including phenoxy) is 1. The lowest BCUT2D eigenvalue weighted by molar-refractivity contribution is 0.102. The summed E-state index contributed by atoms with van der Waals surface area (Å²) in [7, 11) is 1.54. The average molecular weight is 382 g/mol. The molecule has 0 bridgehead atoms. The van der Waals surface area contributed by atoms with Gasteiger partial charge in [0, 0.05) is 6.54 Å². The first-order valence-corrected chi connectivity index (χ1v) is 9.63. The third kappa shape index (κ3) is 5.52. The number of aromatic nitrogens is 2. The van der Waals surface area contributed by atoms with Crippen LogP contribution in [0.15, 0.2) is 54.6 Å². The molecule has 0 spiro atoms. The van der Waals surface area contributed by atoms with Crippen LogP contribution in [0, 0.1) is 0 Å². The highest BCUT2D eigenvalue weighted by Crippen LogP contribution is 2.23. The van der Waals surface area contributed by atoms with E-state index in [2.05, 4.69) is 45.1 Å². The van der Waals surface area contributed by atoms with Crippen molar-refractivity contribution in [3.05, 3.63) is 65.7 Å². The predicted octanol–water partition coefficient (Wildman–Crippen LogP) is 4.23. The van der Waals surface area contributed by atoms with Gasteiger partial charge in [0.25, 0.3) is 5.91 Å². The van der Waals surface area contributed by atoms with Crippen LogP contribution in [0.2, 0.25) is 0 Å². The molecule has 0 atom stereocenters. The van der Waals surface area contributed by atoms with Crippen molar-refractivity contribution in [3.63, 3.8) is 0 Å². The maximum Gasteiger partial charge on any atom is 0.261 e. The molecule has 0 fully saturated rings. The number of benzene rings is 2. The van der Waals surface area contributed by atoms with Gasteiger partial charge in [0.05, 0.1) is 12.7 Å². The maximum atomic E-state index is 12.4. The number of unbranched alkanes of at least 4 members (excludes halogenated alkanes) is 1. The number of amides is 1. The van der Waals surface area contributed by atoms with Crippen LogP contribution in [0.3, 0.4) is 0 Å². The van der Waals surface area contributed by atoms with Crippen LogP contribution in [0.4, 0.5) is 10.3 Å². The van der Waals surface area contributed by atoms with Gasteiger partial charge in [0.2, 0.25) is 10.3 Å². The van der Waals surface area contributed by atoms with Crippen molar-refractivity contribution in [1.82, 2.24) is 10.2 Å². The van der Waals surface area contributed by atoms with Gasteiger partial charge in [0.1, 0.15) is 5.75 Å². The van der Waals surface area contributed by atoms with Gasteiger partial charge in [-0.2, -0.15) is 0 Å². The summed E-state index contributed by atoms with van der Waals surface area (Å²) in [5, 5.41) is 15.3. The van der Waals surface area contributed by atoms with Crippen molar-refractivity contribution in [3.8, 4) is 5.75 Å². The van der Waals surface area contributed by atoms with Gasteiger partial charge in [-0.1, -0.05) is 53.8 Å². The molecule has 140 valence electrons. The molecule has 27 heavy (non-hydrogen) atoms. The van der Waals surface area contributed by atoms with E-state index in [1.807, 2.05) is 12.1 Å². The second-order valence-corrected chi connectivity index (χ2v) is 6.91. The summed E-state index contributed by atoms with van der Waals surface area (Å²) in [6.07, 6.45) is 3.21. The minimum absolute atomic E-state index is 0.266. The third-order valence-electron chi connectivity index (χ3n) is 4.01. The Balaban J connectivity index is 1.43. The van der Waals surface area contributed by atoms with E-state index in [0.29, 0.717) is 21.6 Å². The number of methoxy groups -OCH3 is 1. The summed E-state index contributed by atoms with van der Waals surface area (Å²) in [6.45, 7) is 0.821. The minimum atomic E-state index is -0.266. The Morgan fingerprint density at radius 2 is 1.74 bits per heavy atom. The Hall–Kier alpha value is -2.93. The molecule has 0 saturated heterocycles. The van der Waals surface area contributed by atoms with E-state index in [0.717, 1.165) is 25.8 Å². The quantitative estimate of drug-likeness (QED) is 0.542. The number of para-hydroxylation sites is 1. The first-order valence-electron chi connectivity index (χ1n) is 8.82. The SMILES string of the molecule is COc1ccccc1C(=O)Nc1nnc(NCCCCc2ccccc2)s1. The number of aryl methyl sites for hydroxylation is 1. The summed E-state index contributed by atoms with van der Waals surface area (Å²) in [5.74, 6) is 0.259. The molecule has 0 unspecified atom stereocenters. The Kier molecular flexibility index (Phi) is 6.76. The third-order valence-corrected chi connectivity index (χ3v) is 4.80. The first kappa shape index (κ1) is 18.8. The summed E-state index contributed by atoms with van der Waals surface area (Å²) in [4.78, 5) is 12.4. The molecule has 2 aromatic carbocycles. The minimum Gasteiger partial charge on any atom is -0.496 e. The molecule has 0 aliphatic heterocycles. The van der Waals surface area contributed by atoms with E-state index in [-0.39, 0.29) is 5.91 Å². The monoisotopic (exact) mass is 382 g/mol. The average Bonchev–Trinajstić information content (AvgIpc) is 3.15. The fraction of sp³-hybridized carbons (Fsp3) is 0.250. The smallest absolute Gasteiger partial charge is 0.261 e. The molecular weight excluding hydrogens is 360 g/mol. The molecular formula is C20H22N4O2S. The fourth-order valence-electron chi connectivity index (χ4n) is 2.64. The summed E-state index contributed by atoms with van der Waals surface area (Å²) in [5.41, 5.74) is 1.82. The van der Waals surface area contributed by atoms with Crippen LogP contribution >= 0.6 is 11.3 Å². The molecule has 2 N–H and O–H groups in total. The second-order valence-electron chi connectivity index (χ2n) is 5.94. The van der Waals surface area contributed by atoms with Crippen molar-refractivity contribution in [2.75, 3.05) is 24.3 Å². The first-order chi connectivity index (χ1) is 13.3. The molecule has 3 aromatic rings. The Bertz CT molecular complexity index is 867. The van der Waals surface area contributed by atoms with E-state index in [1.54, 1.807) is 18.2 Å². The number of carbonyl (C=O) groups excluding carboxylic acids is 1. The standard InChI is InChI=1S/C20H22N4O2S/c1-26-17-13-6-5-12-16(17)18(25)22-20-24-23-19(27-20)21-14-8-7-11-15-9-3-2-4-10-15/h2-6,9-10,12-13H,7-8,11,14H2,1H3,(H,21,23)(H,22,24,25). The Morgan fingerprint density at radius 1 is 1.00 bits per heavy atom. The number of hydrogen-bond donors (Lipinski definition) is 2. The van der Waals surface area contributed by atoms with Crippen LogP contribution in [0.1, 0.15) is 28.8 Å². The zero-order valence-electron chi connectivity index (χ0n) is 15.1. The zero-order valence-corrected chi connectivity index (χ0v) is 16.0. The van der Waals surface area contributed by atoms with Crippen LogP contribution in [-0.4, -0.2) is 29.8 Å². The summed E-state index contributed by atoms with van der Waals surface area (Å²) < 4.78 is 5.21. The van der Waals surface area contributed by atoms with E-state index in [9.17, 15) is 4.79 Å². The van der Waals surface area contributed by atoms with Crippen LogP contribution in [0.5, 0.6) is 5.75 Å². The lowest BCUT2D eigenvalue weighted by Crippen LogP contribution is -2.12. The van der Waals surface area contributed by atoms with Gasteiger partial charge in [-0.25, -0.2) is 0 Å². The molecule has 0 aliphatic rings. The molecule has 1 heterocycles. The van der Waals surface area contributed by atoms with Gasteiger partial charge in [0.15, 0.2) is 0 Å². The van der Waals surface area contributed by atoms with Crippen LogP contribution in [-0.2, 0) is 6.42 Å². The van der Waals surface area contributed by atoms with Gasteiger partial charge < -0.3 is 10.1 Å². The van der Waals surface area contributed by atoms with Crippen molar-refractivity contribution in [1.29, 1.82) is 0 Å². The second kappa shape index (κ2) is 9.68. The molecule has 0 saturated carbocycles. The predicted molar refractivity (Wildman–Crippen MR) is 109 cm³/mol. The largest absolute Gasteiger partial charge is 0.496 e. The number of nitrogens with zero attached hydrogens (tertiary/aromatic N) is 2. The van der Waals surface area contributed by atoms with Gasteiger partial charge in [-0.15, -0.1) is 10.2 Å². The van der Waals surface area contributed by atoms with E-state index < -0.39 is 0 Å². The van der Waals surface area contributed by atoms with Gasteiger partial charge in [-0.3, -0.25) is 10.1 Å². The summed E-state index contributed by atoms with van der Waals surface area (Å²) in [6, 6.07) is 17.5. The van der Waals surface area contributed by atoms with Crippen molar-refractivity contribution >= 4 is 27.5 Å². The number of hydrogen-bond acceptors (Lipinski definition) is 6. The number of nitrogens with one attached hydrogen (secondary N) is 2. The van der Waals surface area contributed by atoms with Crippen LogP contribution < -0.4 is 15.4 Å². The van der Waals surface area contributed by atoms with Gasteiger partial charge >= 0.3 is 0 Å². The highest BCUT2D eigenvalue weighted by Gasteiger charge is 2.14. The molecule has 0 aliphatic carbocycles.